The van der Waals surface area contributed by atoms with Crippen LogP contribution in [0.1, 0.15) is 151 Å². The molecule has 1 rings (SSSR count). The van der Waals surface area contributed by atoms with Crippen molar-refractivity contribution in [1.29, 1.82) is 0 Å². The third-order valence-corrected chi connectivity index (χ3v) is 5.66. The van der Waals surface area contributed by atoms with Crippen molar-refractivity contribution in [3.8, 4) is 0 Å². The monoisotopic (exact) mass is 449 g/mol. The molecule has 0 heterocycles. The van der Waals surface area contributed by atoms with Crippen molar-refractivity contribution in [1.82, 2.24) is 0 Å². The summed E-state index contributed by atoms with van der Waals surface area (Å²) in [5, 5.41) is 0. The Morgan fingerprint density at radius 1 is 0.656 bits per heavy atom. The Bertz CT molecular complexity index is 481. The van der Waals surface area contributed by atoms with E-state index in [9.17, 15) is 0 Å². The maximum Gasteiger partial charge on any atom is -0.0307 e. The van der Waals surface area contributed by atoms with Crippen molar-refractivity contribution in [2.24, 2.45) is 5.92 Å². The van der Waals surface area contributed by atoms with Crippen molar-refractivity contribution < 1.29 is 0 Å². The molecule has 0 amide bonds. The molecule has 0 saturated heterocycles. The Balaban J connectivity index is -0.000000165. The third-order valence-electron chi connectivity index (χ3n) is 5.66. The van der Waals surface area contributed by atoms with Gasteiger partial charge in [-0.15, -0.1) is 0 Å². The molecule has 0 spiro atoms. The van der Waals surface area contributed by atoms with Crippen LogP contribution >= 0.6 is 0 Å². The Hall–Kier alpha value is -1.04. The molecule has 0 radical (unpaired) electrons. The van der Waals surface area contributed by atoms with Crippen LogP contribution in [0.25, 0.3) is 0 Å². The molecule has 0 fully saturated rings. The lowest BCUT2D eigenvalue weighted by Crippen LogP contribution is -1.96. The maximum absolute atomic E-state index is 2.30. The molecule has 0 aromatic heterocycles. The van der Waals surface area contributed by atoms with E-state index in [-0.39, 0.29) is 0 Å². The zero-order valence-electron chi connectivity index (χ0n) is 25.2. The van der Waals surface area contributed by atoms with Crippen molar-refractivity contribution in [2.45, 2.75) is 155 Å². The number of rotatable bonds is 8. The summed E-state index contributed by atoms with van der Waals surface area (Å²) in [5.74, 6) is 1.01. The largest absolute Gasteiger partial charge is 0.0778 e. The van der Waals surface area contributed by atoms with Crippen molar-refractivity contribution in [2.75, 3.05) is 0 Å². The molecule has 0 N–H and O–H groups in total. The van der Waals surface area contributed by atoms with E-state index in [1.54, 1.807) is 0 Å². The van der Waals surface area contributed by atoms with Gasteiger partial charge in [0.1, 0.15) is 0 Å². The van der Waals surface area contributed by atoms with Crippen molar-refractivity contribution >= 4 is 0 Å². The van der Waals surface area contributed by atoms with Crippen LogP contribution in [0.5, 0.6) is 0 Å². The van der Waals surface area contributed by atoms with Gasteiger partial charge in [-0.3, -0.25) is 0 Å². The fraction of sp³-hybridized carbons (Fsp3) is 0.750. The maximum atomic E-state index is 2.30. The van der Waals surface area contributed by atoms with Crippen LogP contribution < -0.4 is 0 Å². The SMILES string of the molecule is CC.CC(C)=C(C)C.CCCC(CC)CCC.CCCCC.CCc1ccc(C)c(C)c1. The van der Waals surface area contributed by atoms with E-state index in [2.05, 4.69) is 101 Å². The Morgan fingerprint density at radius 3 is 1.31 bits per heavy atom. The van der Waals surface area contributed by atoms with Crippen LogP contribution in [0, 0.1) is 19.8 Å². The zero-order chi connectivity index (χ0) is 25.9. The van der Waals surface area contributed by atoms with Gasteiger partial charge >= 0.3 is 0 Å². The lowest BCUT2D eigenvalue weighted by Gasteiger charge is -2.10. The standard InChI is InChI=1S/C10H14.C9H20.C6H12.C5H12.C2H6/c1-4-10-6-5-8(2)9(3)7-10;1-4-7-9(6-3)8-5-2;1-5(2)6(3)4;1-3-5-4-2;1-2/h5-7H,4H2,1-3H3;9H,4-8H2,1-3H3;1-4H3;3-5H2,1-2H3;1-2H3. The normalized spacial score (nSPS) is 9.09. The minimum absolute atomic E-state index is 1.01. The number of aryl methyl sites for hydroxylation is 3. The second-order valence-corrected chi connectivity index (χ2v) is 8.98. The molecular weight excluding hydrogens is 384 g/mol. The Labute approximate surface area is 206 Å². The predicted molar refractivity (Wildman–Crippen MR) is 155 cm³/mol. The summed E-state index contributed by atoms with van der Waals surface area (Å²) in [4.78, 5) is 0. The van der Waals surface area contributed by atoms with Gasteiger partial charge in [0.15, 0.2) is 0 Å². The van der Waals surface area contributed by atoms with Crippen LogP contribution in [-0.4, -0.2) is 0 Å². The molecular formula is C32H64. The molecule has 0 heteroatoms. The van der Waals surface area contributed by atoms with Crippen LogP contribution in [0.3, 0.4) is 0 Å². The fourth-order valence-electron chi connectivity index (χ4n) is 2.75. The number of unbranched alkanes of at least 4 members (excludes halogenated alkanes) is 2. The second kappa shape index (κ2) is 30.0. The first-order chi connectivity index (χ1) is 15.1. The highest BCUT2D eigenvalue weighted by Crippen LogP contribution is 2.16. The fourth-order valence-corrected chi connectivity index (χ4v) is 2.75. The van der Waals surface area contributed by atoms with Crippen LogP contribution in [0.4, 0.5) is 0 Å². The average Bonchev–Trinajstić information content (AvgIpc) is 2.78. The van der Waals surface area contributed by atoms with E-state index in [1.165, 1.54) is 79.2 Å². The molecule has 0 aliphatic heterocycles. The molecule has 0 aliphatic rings. The quantitative estimate of drug-likeness (QED) is 0.347. The summed E-state index contributed by atoms with van der Waals surface area (Å²) < 4.78 is 0. The van der Waals surface area contributed by atoms with Gasteiger partial charge in [-0.1, -0.05) is 136 Å². The Morgan fingerprint density at radius 2 is 1.09 bits per heavy atom. The average molecular weight is 449 g/mol. The molecule has 0 atom stereocenters. The number of hydrogen-bond acceptors (Lipinski definition) is 0. The van der Waals surface area contributed by atoms with Crippen molar-refractivity contribution in [3.05, 3.63) is 46.0 Å². The van der Waals surface area contributed by atoms with Crippen LogP contribution in [0.15, 0.2) is 29.3 Å². The van der Waals surface area contributed by atoms with Crippen LogP contribution in [0.2, 0.25) is 0 Å². The lowest BCUT2D eigenvalue weighted by atomic mass is 9.96. The predicted octanol–water partition coefficient (Wildman–Crippen LogP) is 12.1. The molecule has 0 unspecified atom stereocenters. The van der Waals surface area contributed by atoms with Gasteiger partial charge in [-0.05, 0) is 70.6 Å². The lowest BCUT2D eigenvalue weighted by molar-refractivity contribution is 0.427. The van der Waals surface area contributed by atoms with Gasteiger partial charge in [0.05, 0.1) is 0 Å². The summed E-state index contributed by atoms with van der Waals surface area (Å²) in [6.45, 7) is 30.3. The smallest absolute Gasteiger partial charge is 0.0307 e. The van der Waals surface area contributed by atoms with Crippen molar-refractivity contribution in [3.63, 3.8) is 0 Å². The summed E-state index contributed by atoms with van der Waals surface area (Å²) in [6, 6.07) is 6.64. The third kappa shape index (κ3) is 29.0. The molecule has 0 saturated carbocycles. The number of benzene rings is 1. The summed E-state index contributed by atoms with van der Waals surface area (Å²) in [5.41, 5.74) is 7.07. The first-order valence-electron chi connectivity index (χ1n) is 13.8. The van der Waals surface area contributed by atoms with Gasteiger partial charge < -0.3 is 0 Å². The molecule has 0 bridgehead atoms. The first-order valence-corrected chi connectivity index (χ1v) is 13.8. The van der Waals surface area contributed by atoms with Gasteiger partial charge in [0, 0.05) is 0 Å². The summed E-state index contributed by atoms with van der Waals surface area (Å²) >= 11 is 0. The molecule has 192 valence electrons. The molecule has 0 nitrogen and oxygen atoms in total. The van der Waals surface area contributed by atoms with E-state index in [4.69, 9.17) is 0 Å². The highest BCUT2D eigenvalue weighted by molar-refractivity contribution is 5.29. The topological polar surface area (TPSA) is 0 Å². The molecule has 32 heavy (non-hydrogen) atoms. The van der Waals surface area contributed by atoms with E-state index in [1.807, 2.05) is 13.8 Å². The number of allylic oxidation sites excluding steroid dienone is 2. The van der Waals surface area contributed by atoms with Gasteiger partial charge in [0.25, 0.3) is 0 Å². The van der Waals surface area contributed by atoms with E-state index < -0.39 is 0 Å². The van der Waals surface area contributed by atoms with E-state index >= 15 is 0 Å². The van der Waals surface area contributed by atoms with E-state index in [0.717, 1.165) is 12.3 Å². The molecule has 0 aliphatic carbocycles. The molecule has 1 aromatic carbocycles. The molecule has 1 aromatic rings. The van der Waals surface area contributed by atoms with E-state index in [0.29, 0.717) is 0 Å². The highest BCUT2D eigenvalue weighted by atomic mass is 14.1. The Kier molecular flexibility index (Phi) is 35.8. The minimum Gasteiger partial charge on any atom is -0.0778 e. The van der Waals surface area contributed by atoms with Crippen LogP contribution in [-0.2, 0) is 6.42 Å². The van der Waals surface area contributed by atoms with Gasteiger partial charge in [-0.2, -0.15) is 0 Å². The first kappa shape index (κ1) is 38.2. The zero-order valence-corrected chi connectivity index (χ0v) is 25.2. The highest BCUT2D eigenvalue weighted by Gasteiger charge is 2.01. The summed E-state index contributed by atoms with van der Waals surface area (Å²) in [7, 11) is 0. The van der Waals surface area contributed by atoms with Gasteiger partial charge in [-0.25, -0.2) is 0 Å². The minimum atomic E-state index is 1.01. The summed E-state index contributed by atoms with van der Waals surface area (Å²) in [6.07, 6.45) is 12.2. The number of hydrogen-bond donors (Lipinski definition) is 0. The second-order valence-electron chi connectivity index (χ2n) is 8.98. The van der Waals surface area contributed by atoms with Gasteiger partial charge in [0.2, 0.25) is 0 Å².